The highest BCUT2D eigenvalue weighted by molar-refractivity contribution is 7.71. The van der Waals surface area contributed by atoms with Crippen LogP contribution in [0.3, 0.4) is 0 Å². The molecule has 31 heavy (non-hydrogen) atoms. The summed E-state index contributed by atoms with van der Waals surface area (Å²) in [5.74, 6) is 2.86. The van der Waals surface area contributed by atoms with E-state index >= 15 is 0 Å². The Labute approximate surface area is 185 Å². The number of ether oxygens (including phenoxy) is 3. The molecule has 0 unspecified atom stereocenters. The molecule has 3 aromatic carbocycles. The number of fused-ring (bicyclic) bond motifs is 1. The van der Waals surface area contributed by atoms with Crippen molar-refractivity contribution in [3.05, 3.63) is 83.4 Å². The topological polar surface area (TPSA) is 61.3 Å². The molecule has 156 valence electrons. The van der Waals surface area contributed by atoms with Crippen LogP contribution >= 0.6 is 12.2 Å². The van der Waals surface area contributed by atoms with Gasteiger partial charge in [0.25, 0.3) is 0 Å². The Morgan fingerprint density at radius 2 is 1.65 bits per heavy atom. The summed E-state index contributed by atoms with van der Waals surface area (Å²) in [6.45, 7) is 3.03. The van der Waals surface area contributed by atoms with E-state index < -0.39 is 0 Å². The van der Waals surface area contributed by atoms with E-state index in [1.54, 1.807) is 0 Å². The predicted molar refractivity (Wildman–Crippen MR) is 121 cm³/mol. The maximum atomic E-state index is 6.17. The quantitative estimate of drug-likeness (QED) is 0.422. The largest absolute Gasteiger partial charge is 0.486 e. The predicted octanol–water partition coefficient (Wildman–Crippen LogP) is 5.51. The van der Waals surface area contributed by atoms with E-state index in [2.05, 4.69) is 34.5 Å². The second-order valence-electron chi connectivity index (χ2n) is 7.20. The van der Waals surface area contributed by atoms with Gasteiger partial charge in [-0.2, -0.15) is 5.10 Å². The summed E-state index contributed by atoms with van der Waals surface area (Å²) in [5.41, 5.74) is 3.15. The minimum atomic E-state index is -0.330. The lowest BCUT2D eigenvalue weighted by Crippen LogP contribution is -2.16. The van der Waals surface area contributed by atoms with E-state index in [9.17, 15) is 0 Å². The summed E-state index contributed by atoms with van der Waals surface area (Å²) >= 11 is 5.48. The normalized spacial score (nSPS) is 13.6. The van der Waals surface area contributed by atoms with Gasteiger partial charge in [0.05, 0.1) is 5.69 Å². The van der Waals surface area contributed by atoms with Gasteiger partial charge in [0.15, 0.2) is 28.2 Å². The summed E-state index contributed by atoms with van der Waals surface area (Å²) < 4.78 is 19.8. The zero-order chi connectivity index (χ0) is 21.2. The molecule has 0 aliphatic carbocycles. The second-order valence-corrected chi connectivity index (χ2v) is 7.59. The van der Waals surface area contributed by atoms with Crippen LogP contribution in [0.25, 0.3) is 16.8 Å². The number of aromatic amines is 1. The van der Waals surface area contributed by atoms with Crippen molar-refractivity contribution in [3.63, 3.8) is 0 Å². The zero-order valence-corrected chi connectivity index (χ0v) is 17.8. The Kier molecular flexibility index (Phi) is 5.18. The highest BCUT2D eigenvalue weighted by atomic mass is 32.1. The van der Waals surface area contributed by atoms with Gasteiger partial charge < -0.3 is 14.2 Å². The van der Waals surface area contributed by atoms with E-state index in [0.29, 0.717) is 29.6 Å². The average Bonchev–Trinajstić information content (AvgIpc) is 3.21. The van der Waals surface area contributed by atoms with Gasteiger partial charge in [-0.1, -0.05) is 42.5 Å². The van der Waals surface area contributed by atoms with Crippen LogP contribution in [0.15, 0.2) is 72.8 Å². The molecule has 0 spiro atoms. The van der Waals surface area contributed by atoms with Crippen LogP contribution in [0, 0.1) is 4.77 Å². The summed E-state index contributed by atoms with van der Waals surface area (Å²) in [5, 5.41) is 7.29. The van der Waals surface area contributed by atoms with Crippen molar-refractivity contribution >= 4 is 12.2 Å². The minimum Gasteiger partial charge on any atom is -0.486 e. The molecule has 1 aliphatic heterocycles. The Hall–Kier alpha value is -3.58. The van der Waals surface area contributed by atoms with Gasteiger partial charge in [0.1, 0.15) is 19.0 Å². The first-order valence-corrected chi connectivity index (χ1v) is 10.5. The lowest BCUT2D eigenvalue weighted by molar-refractivity contribution is 0.171. The molecular formula is C24H21N3O3S. The SMILES string of the molecule is C[C@H](Oc1ccc(-c2ccccc2)cc1)c1n[nH]c(=S)n1-c1ccc2c(c1)OCCO2. The summed E-state index contributed by atoms with van der Waals surface area (Å²) in [4.78, 5) is 0. The van der Waals surface area contributed by atoms with Crippen molar-refractivity contribution in [2.45, 2.75) is 13.0 Å². The molecule has 0 bridgehead atoms. The van der Waals surface area contributed by atoms with Gasteiger partial charge in [-0.05, 0) is 54.5 Å². The number of nitrogens with one attached hydrogen (secondary N) is 1. The molecule has 0 amide bonds. The summed E-state index contributed by atoms with van der Waals surface area (Å²) in [7, 11) is 0. The van der Waals surface area contributed by atoms with Crippen molar-refractivity contribution in [1.29, 1.82) is 0 Å². The smallest absolute Gasteiger partial charge is 0.199 e. The van der Waals surface area contributed by atoms with Crippen LogP contribution in [0.5, 0.6) is 17.2 Å². The molecule has 1 aromatic heterocycles. The number of hydrogen-bond donors (Lipinski definition) is 1. The van der Waals surface area contributed by atoms with Gasteiger partial charge in [-0.3, -0.25) is 9.67 Å². The van der Waals surface area contributed by atoms with E-state index in [0.717, 1.165) is 22.7 Å². The van der Waals surface area contributed by atoms with Gasteiger partial charge in [-0.25, -0.2) is 0 Å². The van der Waals surface area contributed by atoms with Crippen molar-refractivity contribution in [1.82, 2.24) is 14.8 Å². The van der Waals surface area contributed by atoms with Crippen LogP contribution in [-0.4, -0.2) is 28.0 Å². The van der Waals surface area contributed by atoms with Crippen molar-refractivity contribution in [2.24, 2.45) is 0 Å². The third-order valence-electron chi connectivity index (χ3n) is 5.12. The fraction of sp³-hybridized carbons (Fsp3) is 0.167. The maximum Gasteiger partial charge on any atom is 0.199 e. The van der Waals surface area contributed by atoms with Gasteiger partial charge >= 0.3 is 0 Å². The third-order valence-corrected chi connectivity index (χ3v) is 5.39. The molecule has 0 saturated heterocycles. The first kappa shape index (κ1) is 19.4. The monoisotopic (exact) mass is 431 g/mol. The first-order valence-electron chi connectivity index (χ1n) is 10.1. The Morgan fingerprint density at radius 1 is 0.935 bits per heavy atom. The van der Waals surface area contributed by atoms with E-state index in [1.807, 2.05) is 60.0 Å². The lowest BCUT2D eigenvalue weighted by atomic mass is 10.1. The van der Waals surface area contributed by atoms with Crippen molar-refractivity contribution in [3.8, 4) is 34.1 Å². The molecule has 4 aromatic rings. The zero-order valence-electron chi connectivity index (χ0n) is 16.9. The van der Waals surface area contributed by atoms with Gasteiger partial charge in [-0.15, -0.1) is 0 Å². The highest BCUT2D eigenvalue weighted by Crippen LogP contribution is 2.33. The summed E-state index contributed by atoms with van der Waals surface area (Å²) in [6.07, 6.45) is -0.330. The van der Waals surface area contributed by atoms with E-state index in [1.165, 1.54) is 5.56 Å². The molecular weight excluding hydrogens is 410 g/mol. The van der Waals surface area contributed by atoms with E-state index in [-0.39, 0.29) is 6.10 Å². The number of aromatic nitrogens is 3. The van der Waals surface area contributed by atoms with Crippen molar-refractivity contribution < 1.29 is 14.2 Å². The average molecular weight is 432 g/mol. The third kappa shape index (κ3) is 3.92. The second kappa shape index (κ2) is 8.28. The number of nitrogens with zero attached hydrogens (tertiary/aromatic N) is 2. The summed E-state index contributed by atoms with van der Waals surface area (Å²) in [6, 6.07) is 24.0. The molecule has 1 aliphatic rings. The molecule has 5 rings (SSSR count). The van der Waals surface area contributed by atoms with Gasteiger partial charge in [0, 0.05) is 6.07 Å². The standard InChI is InChI=1S/C24H21N3O3S/c1-16(30-20-10-7-18(8-11-20)17-5-3-2-4-6-17)23-25-26-24(31)27(23)19-9-12-21-22(15-19)29-14-13-28-21/h2-12,15-16H,13-14H2,1H3,(H,26,31)/t16-/m0/s1. The molecule has 1 atom stereocenters. The first-order chi connectivity index (χ1) is 15.2. The van der Waals surface area contributed by atoms with Crippen LogP contribution < -0.4 is 14.2 Å². The number of benzene rings is 3. The molecule has 0 saturated carbocycles. The van der Waals surface area contributed by atoms with Gasteiger partial charge in [0.2, 0.25) is 0 Å². The van der Waals surface area contributed by atoms with Crippen LogP contribution in [0.1, 0.15) is 18.9 Å². The fourth-order valence-electron chi connectivity index (χ4n) is 3.62. The number of H-pyrrole nitrogens is 1. The Morgan fingerprint density at radius 3 is 2.42 bits per heavy atom. The van der Waals surface area contributed by atoms with Crippen LogP contribution in [-0.2, 0) is 0 Å². The lowest BCUT2D eigenvalue weighted by Gasteiger charge is -2.20. The molecule has 0 fully saturated rings. The maximum absolute atomic E-state index is 6.17. The van der Waals surface area contributed by atoms with Crippen molar-refractivity contribution in [2.75, 3.05) is 13.2 Å². The fourth-order valence-corrected chi connectivity index (χ4v) is 3.86. The molecule has 7 heteroatoms. The van der Waals surface area contributed by atoms with Crippen LogP contribution in [0.4, 0.5) is 0 Å². The molecule has 0 radical (unpaired) electrons. The Balaban J connectivity index is 1.40. The number of rotatable bonds is 5. The number of hydrogen-bond acceptors (Lipinski definition) is 5. The minimum absolute atomic E-state index is 0.330. The highest BCUT2D eigenvalue weighted by Gasteiger charge is 2.19. The molecule has 2 heterocycles. The van der Waals surface area contributed by atoms with Crippen LogP contribution in [0.2, 0.25) is 0 Å². The Bertz CT molecular complexity index is 1250. The molecule has 6 nitrogen and oxygen atoms in total. The van der Waals surface area contributed by atoms with E-state index in [4.69, 9.17) is 26.4 Å². The molecule has 1 N–H and O–H groups in total.